The molecule has 3 N–H and O–H groups in total. The first-order chi connectivity index (χ1) is 9.84. The van der Waals surface area contributed by atoms with Gasteiger partial charge in [0.25, 0.3) is 0 Å². The Bertz CT molecular complexity index is 533. The number of hydrogen-bond acceptors (Lipinski definition) is 2. The number of amides is 2. The van der Waals surface area contributed by atoms with Crippen LogP contribution in [0.2, 0.25) is 5.02 Å². The Morgan fingerprint density at radius 2 is 1.95 bits per heavy atom. The van der Waals surface area contributed by atoms with E-state index in [2.05, 4.69) is 10.6 Å². The highest BCUT2D eigenvalue weighted by Crippen LogP contribution is 2.26. The van der Waals surface area contributed by atoms with E-state index >= 15 is 0 Å². The molecule has 0 atom stereocenters. The van der Waals surface area contributed by atoms with Crippen LogP contribution in [0.15, 0.2) is 18.2 Å². The second kappa shape index (κ2) is 7.26. The Hall–Kier alpha value is -1.82. The molecular formula is C14H18ClFN2O3. The standard InChI is InChI=1S/C14H18ClFN2O3/c1-3-14(4-2,12(19)20)8-17-13(21)18-11-7-9(16)5-6-10(11)15/h5-7H,3-4,8H2,1-2H3,(H,19,20)(H2,17,18,21). The Morgan fingerprint density at radius 3 is 2.48 bits per heavy atom. The minimum Gasteiger partial charge on any atom is -0.481 e. The van der Waals surface area contributed by atoms with Gasteiger partial charge in [-0.3, -0.25) is 4.79 Å². The minimum atomic E-state index is -1.01. The summed E-state index contributed by atoms with van der Waals surface area (Å²) in [6, 6.07) is 2.96. The molecule has 0 bridgehead atoms. The highest BCUT2D eigenvalue weighted by molar-refractivity contribution is 6.33. The van der Waals surface area contributed by atoms with Crippen molar-refractivity contribution in [2.45, 2.75) is 26.7 Å². The summed E-state index contributed by atoms with van der Waals surface area (Å²) in [4.78, 5) is 23.1. The summed E-state index contributed by atoms with van der Waals surface area (Å²) in [6.07, 6.45) is 0.777. The third-order valence-electron chi connectivity index (χ3n) is 3.57. The molecule has 0 saturated heterocycles. The lowest BCUT2D eigenvalue weighted by molar-refractivity contribution is -0.149. The molecule has 1 aromatic carbocycles. The number of hydrogen-bond donors (Lipinski definition) is 3. The number of nitrogens with one attached hydrogen (secondary N) is 2. The number of anilines is 1. The molecule has 0 radical (unpaired) electrons. The predicted octanol–water partition coefficient (Wildman–Crippen LogP) is 3.49. The van der Waals surface area contributed by atoms with Gasteiger partial charge >= 0.3 is 12.0 Å². The number of aliphatic carboxylic acids is 1. The average Bonchev–Trinajstić information content (AvgIpc) is 2.44. The summed E-state index contributed by atoms with van der Waals surface area (Å²) in [7, 11) is 0. The fraction of sp³-hybridized carbons (Fsp3) is 0.429. The summed E-state index contributed by atoms with van der Waals surface area (Å²) in [6.45, 7) is 3.48. The van der Waals surface area contributed by atoms with Crippen LogP contribution < -0.4 is 10.6 Å². The summed E-state index contributed by atoms with van der Waals surface area (Å²) in [5.41, 5.74) is -0.883. The second-order valence-corrected chi connectivity index (χ2v) is 5.13. The molecule has 1 aromatic rings. The number of halogens is 2. The predicted molar refractivity (Wildman–Crippen MR) is 79.1 cm³/mol. The van der Waals surface area contributed by atoms with Crippen LogP contribution in [0.4, 0.5) is 14.9 Å². The number of carboxylic acids is 1. The van der Waals surface area contributed by atoms with Crippen LogP contribution in [0, 0.1) is 11.2 Å². The fourth-order valence-electron chi connectivity index (χ4n) is 1.89. The van der Waals surface area contributed by atoms with Gasteiger partial charge in [0.15, 0.2) is 0 Å². The number of carboxylic acid groups (broad SMARTS) is 1. The first kappa shape index (κ1) is 17.2. The Morgan fingerprint density at radius 1 is 1.33 bits per heavy atom. The lowest BCUT2D eigenvalue weighted by atomic mass is 9.82. The zero-order valence-corrected chi connectivity index (χ0v) is 12.6. The zero-order chi connectivity index (χ0) is 16.0. The molecule has 0 aromatic heterocycles. The maximum atomic E-state index is 13.1. The Labute approximate surface area is 127 Å². The second-order valence-electron chi connectivity index (χ2n) is 4.72. The molecule has 5 nitrogen and oxygen atoms in total. The van der Waals surface area contributed by atoms with E-state index in [4.69, 9.17) is 11.6 Å². The number of benzene rings is 1. The van der Waals surface area contributed by atoms with Crippen molar-refractivity contribution >= 4 is 29.3 Å². The van der Waals surface area contributed by atoms with Gasteiger partial charge in [0.2, 0.25) is 0 Å². The lowest BCUT2D eigenvalue weighted by Crippen LogP contribution is -2.43. The van der Waals surface area contributed by atoms with Crippen LogP contribution >= 0.6 is 11.6 Å². The summed E-state index contributed by atoms with van der Waals surface area (Å²) < 4.78 is 13.1. The molecule has 116 valence electrons. The van der Waals surface area contributed by atoms with Crippen molar-refractivity contribution < 1.29 is 19.1 Å². The third kappa shape index (κ3) is 4.32. The van der Waals surface area contributed by atoms with Crippen molar-refractivity contribution in [2.75, 3.05) is 11.9 Å². The average molecular weight is 317 g/mol. The van der Waals surface area contributed by atoms with Gasteiger partial charge in [0, 0.05) is 6.54 Å². The zero-order valence-electron chi connectivity index (χ0n) is 11.9. The molecule has 7 heteroatoms. The molecular weight excluding hydrogens is 299 g/mol. The van der Waals surface area contributed by atoms with E-state index in [-0.39, 0.29) is 17.3 Å². The SMILES string of the molecule is CCC(CC)(CNC(=O)Nc1cc(F)ccc1Cl)C(=O)O. The molecule has 0 heterocycles. The Kier molecular flexibility index (Phi) is 5.96. The Balaban J connectivity index is 2.70. The van der Waals surface area contributed by atoms with Gasteiger partial charge < -0.3 is 15.7 Å². The molecule has 0 aliphatic rings. The quantitative estimate of drug-likeness (QED) is 0.751. The first-order valence-electron chi connectivity index (χ1n) is 6.58. The van der Waals surface area contributed by atoms with Crippen molar-refractivity contribution in [3.63, 3.8) is 0 Å². The number of urea groups is 1. The van der Waals surface area contributed by atoms with Gasteiger partial charge in [0.1, 0.15) is 5.82 Å². The minimum absolute atomic E-state index is 0.0197. The molecule has 21 heavy (non-hydrogen) atoms. The molecule has 0 aliphatic carbocycles. The highest BCUT2D eigenvalue weighted by Gasteiger charge is 2.35. The van der Waals surface area contributed by atoms with Gasteiger partial charge in [0.05, 0.1) is 16.1 Å². The van der Waals surface area contributed by atoms with E-state index < -0.39 is 23.2 Å². The number of carbonyl (C=O) groups excluding carboxylic acids is 1. The normalized spacial score (nSPS) is 11.0. The van der Waals surface area contributed by atoms with E-state index in [0.29, 0.717) is 12.8 Å². The summed E-state index contributed by atoms with van der Waals surface area (Å²) in [5, 5.41) is 14.3. The lowest BCUT2D eigenvalue weighted by Gasteiger charge is -2.26. The molecule has 0 spiro atoms. The van der Waals surface area contributed by atoms with Crippen LogP contribution in [0.1, 0.15) is 26.7 Å². The summed E-state index contributed by atoms with van der Waals surface area (Å²) >= 11 is 5.83. The van der Waals surface area contributed by atoms with E-state index in [1.165, 1.54) is 12.1 Å². The fourth-order valence-corrected chi connectivity index (χ4v) is 2.05. The van der Waals surface area contributed by atoms with Gasteiger partial charge in [-0.1, -0.05) is 25.4 Å². The van der Waals surface area contributed by atoms with Crippen LogP contribution in [-0.4, -0.2) is 23.7 Å². The van der Waals surface area contributed by atoms with Crippen molar-refractivity contribution in [3.8, 4) is 0 Å². The molecule has 0 fully saturated rings. The van der Waals surface area contributed by atoms with E-state index in [9.17, 15) is 19.1 Å². The molecule has 1 rings (SSSR count). The van der Waals surface area contributed by atoms with Crippen LogP contribution in [0.25, 0.3) is 0 Å². The molecule has 0 unspecified atom stereocenters. The largest absolute Gasteiger partial charge is 0.481 e. The van der Waals surface area contributed by atoms with Gasteiger partial charge in [-0.25, -0.2) is 9.18 Å². The topological polar surface area (TPSA) is 78.4 Å². The smallest absolute Gasteiger partial charge is 0.319 e. The van der Waals surface area contributed by atoms with Crippen molar-refractivity contribution in [1.82, 2.24) is 5.32 Å². The third-order valence-corrected chi connectivity index (χ3v) is 3.90. The van der Waals surface area contributed by atoms with E-state index in [1.54, 1.807) is 13.8 Å². The van der Waals surface area contributed by atoms with Crippen LogP contribution in [0.5, 0.6) is 0 Å². The monoisotopic (exact) mass is 316 g/mol. The van der Waals surface area contributed by atoms with Crippen molar-refractivity contribution in [3.05, 3.63) is 29.0 Å². The number of carbonyl (C=O) groups is 2. The van der Waals surface area contributed by atoms with Crippen molar-refractivity contribution in [2.24, 2.45) is 5.41 Å². The van der Waals surface area contributed by atoms with Gasteiger partial charge in [-0.2, -0.15) is 0 Å². The van der Waals surface area contributed by atoms with E-state index in [1.807, 2.05) is 0 Å². The van der Waals surface area contributed by atoms with Crippen LogP contribution in [-0.2, 0) is 4.79 Å². The summed E-state index contributed by atoms with van der Waals surface area (Å²) in [5.74, 6) is -1.49. The van der Waals surface area contributed by atoms with Crippen molar-refractivity contribution in [1.29, 1.82) is 0 Å². The maximum absolute atomic E-state index is 13.1. The van der Waals surface area contributed by atoms with Gasteiger partial charge in [-0.05, 0) is 31.0 Å². The molecule has 0 aliphatic heterocycles. The highest BCUT2D eigenvalue weighted by atomic mass is 35.5. The van der Waals surface area contributed by atoms with E-state index in [0.717, 1.165) is 6.07 Å². The number of rotatable bonds is 6. The van der Waals surface area contributed by atoms with Crippen LogP contribution in [0.3, 0.4) is 0 Å². The molecule has 0 saturated carbocycles. The maximum Gasteiger partial charge on any atom is 0.319 e. The molecule has 2 amide bonds. The first-order valence-corrected chi connectivity index (χ1v) is 6.95. The van der Waals surface area contributed by atoms with Gasteiger partial charge in [-0.15, -0.1) is 0 Å².